The van der Waals surface area contributed by atoms with E-state index in [1.165, 1.54) is 4.90 Å². The van der Waals surface area contributed by atoms with Crippen molar-refractivity contribution < 1.29 is 19.1 Å². The quantitative estimate of drug-likeness (QED) is 0.400. The van der Waals surface area contributed by atoms with Crippen molar-refractivity contribution >= 4 is 34.4 Å². The first-order valence-corrected chi connectivity index (χ1v) is 12.6. The van der Waals surface area contributed by atoms with Gasteiger partial charge in [0.25, 0.3) is 5.91 Å². The first-order chi connectivity index (χ1) is 17.9. The standard InChI is InChI=1S/C31H35N3O4/c1-8-22-13-15-24(16-14-22)27(28(35)33-26-18-17-23-11-9-10-12-25(23)19-26)34(20(2)3)29(36)21(4)32-30(37)38-31(5,6)7/h1,9-21,27H,2-7H3,(H,32,37)(H,33,35). The summed E-state index contributed by atoms with van der Waals surface area (Å²) in [4.78, 5) is 41.4. The van der Waals surface area contributed by atoms with Crippen LogP contribution in [0, 0.1) is 12.3 Å². The number of nitrogens with one attached hydrogen (secondary N) is 2. The molecule has 3 aromatic rings. The molecule has 0 aliphatic rings. The van der Waals surface area contributed by atoms with E-state index in [1.54, 1.807) is 52.0 Å². The Hall–Kier alpha value is -4.31. The lowest BCUT2D eigenvalue weighted by atomic mass is 9.99. The van der Waals surface area contributed by atoms with Crippen LogP contribution in [-0.4, -0.2) is 40.5 Å². The van der Waals surface area contributed by atoms with Crippen molar-refractivity contribution in [3.05, 3.63) is 77.9 Å². The minimum Gasteiger partial charge on any atom is -0.444 e. The minimum absolute atomic E-state index is 0.370. The van der Waals surface area contributed by atoms with Gasteiger partial charge in [0.2, 0.25) is 5.91 Å². The van der Waals surface area contributed by atoms with E-state index in [9.17, 15) is 14.4 Å². The molecule has 0 aliphatic carbocycles. The average molecular weight is 514 g/mol. The lowest BCUT2D eigenvalue weighted by Crippen LogP contribution is -2.53. The van der Waals surface area contributed by atoms with E-state index in [0.29, 0.717) is 16.8 Å². The molecule has 0 fully saturated rings. The van der Waals surface area contributed by atoms with Crippen LogP contribution < -0.4 is 10.6 Å². The Morgan fingerprint density at radius 3 is 2.13 bits per heavy atom. The van der Waals surface area contributed by atoms with Gasteiger partial charge in [0.15, 0.2) is 0 Å². The molecule has 0 spiro atoms. The Labute approximate surface area is 224 Å². The highest BCUT2D eigenvalue weighted by Gasteiger charge is 2.36. The van der Waals surface area contributed by atoms with Gasteiger partial charge >= 0.3 is 6.09 Å². The van der Waals surface area contributed by atoms with Crippen molar-refractivity contribution in [3.8, 4) is 12.3 Å². The zero-order valence-electron chi connectivity index (χ0n) is 22.7. The SMILES string of the molecule is C#Cc1ccc(C(C(=O)Nc2ccc3ccccc3c2)N(C(=O)C(C)NC(=O)OC(C)(C)C)C(C)C)cc1. The van der Waals surface area contributed by atoms with Gasteiger partial charge in [-0.05, 0) is 82.1 Å². The third kappa shape index (κ3) is 7.13. The number of hydrogen-bond donors (Lipinski definition) is 2. The summed E-state index contributed by atoms with van der Waals surface area (Å²) in [5.41, 5.74) is 1.14. The van der Waals surface area contributed by atoms with Crippen LogP contribution in [-0.2, 0) is 14.3 Å². The van der Waals surface area contributed by atoms with Crippen LogP contribution >= 0.6 is 0 Å². The van der Waals surface area contributed by atoms with Crippen LogP contribution in [0.25, 0.3) is 10.8 Å². The minimum atomic E-state index is -0.983. The Bertz CT molecular complexity index is 1350. The molecule has 3 aromatic carbocycles. The molecule has 0 radical (unpaired) electrons. The van der Waals surface area contributed by atoms with Crippen LogP contribution in [0.15, 0.2) is 66.7 Å². The van der Waals surface area contributed by atoms with Crippen LogP contribution in [0.5, 0.6) is 0 Å². The summed E-state index contributed by atoms with van der Waals surface area (Å²) in [6.07, 6.45) is 4.81. The van der Waals surface area contributed by atoms with E-state index in [4.69, 9.17) is 11.2 Å². The lowest BCUT2D eigenvalue weighted by molar-refractivity contribution is -0.142. The highest BCUT2D eigenvalue weighted by molar-refractivity contribution is 6.00. The third-order valence-electron chi connectivity index (χ3n) is 5.85. The maximum atomic E-state index is 13.8. The molecule has 38 heavy (non-hydrogen) atoms. The second-order valence-electron chi connectivity index (χ2n) is 10.4. The highest BCUT2D eigenvalue weighted by Crippen LogP contribution is 2.28. The number of alkyl carbamates (subject to hydrolysis) is 1. The average Bonchev–Trinajstić information content (AvgIpc) is 2.85. The molecule has 2 unspecified atom stereocenters. The lowest BCUT2D eigenvalue weighted by Gasteiger charge is -2.36. The molecule has 0 saturated carbocycles. The molecule has 2 atom stereocenters. The summed E-state index contributed by atoms with van der Waals surface area (Å²) >= 11 is 0. The molecule has 7 nitrogen and oxygen atoms in total. The number of ether oxygens (including phenoxy) is 1. The summed E-state index contributed by atoms with van der Waals surface area (Å²) in [6.45, 7) is 10.4. The molecule has 3 rings (SSSR count). The maximum Gasteiger partial charge on any atom is 0.408 e. The number of hydrogen-bond acceptors (Lipinski definition) is 4. The number of rotatable bonds is 7. The maximum absolute atomic E-state index is 13.8. The molecular formula is C31H35N3O4. The normalized spacial score (nSPS) is 12.8. The van der Waals surface area contributed by atoms with E-state index < -0.39 is 29.7 Å². The van der Waals surface area contributed by atoms with E-state index in [2.05, 4.69) is 16.6 Å². The van der Waals surface area contributed by atoms with Crippen molar-refractivity contribution in [2.75, 3.05) is 5.32 Å². The molecule has 0 bridgehead atoms. The molecule has 7 heteroatoms. The highest BCUT2D eigenvalue weighted by atomic mass is 16.6. The van der Waals surface area contributed by atoms with Gasteiger partial charge in [0, 0.05) is 17.3 Å². The van der Waals surface area contributed by atoms with Gasteiger partial charge in [-0.3, -0.25) is 9.59 Å². The van der Waals surface area contributed by atoms with Gasteiger partial charge in [-0.25, -0.2) is 4.79 Å². The molecule has 0 heterocycles. The Balaban J connectivity index is 1.96. The van der Waals surface area contributed by atoms with E-state index >= 15 is 0 Å². The summed E-state index contributed by atoms with van der Waals surface area (Å²) in [5.74, 6) is 1.76. The van der Waals surface area contributed by atoms with E-state index in [0.717, 1.165) is 10.8 Å². The van der Waals surface area contributed by atoms with Crippen LogP contribution in [0.4, 0.5) is 10.5 Å². The first-order valence-electron chi connectivity index (χ1n) is 12.6. The second kappa shape index (κ2) is 11.8. The molecule has 198 valence electrons. The van der Waals surface area contributed by atoms with Gasteiger partial charge in [-0.2, -0.15) is 0 Å². The first kappa shape index (κ1) is 28.3. The summed E-state index contributed by atoms with van der Waals surface area (Å²) in [5, 5.41) is 7.60. The summed E-state index contributed by atoms with van der Waals surface area (Å²) < 4.78 is 5.31. The number of fused-ring (bicyclic) bond motifs is 1. The van der Waals surface area contributed by atoms with E-state index in [1.807, 2.05) is 56.3 Å². The number of carbonyl (C=O) groups is 3. The molecular weight excluding hydrogens is 478 g/mol. The summed E-state index contributed by atoms with van der Waals surface area (Å²) in [7, 11) is 0. The predicted molar refractivity (Wildman–Crippen MR) is 151 cm³/mol. The third-order valence-corrected chi connectivity index (χ3v) is 5.85. The second-order valence-corrected chi connectivity index (χ2v) is 10.4. The smallest absolute Gasteiger partial charge is 0.408 e. The van der Waals surface area contributed by atoms with Crippen LogP contribution in [0.3, 0.4) is 0 Å². The van der Waals surface area contributed by atoms with Gasteiger partial charge < -0.3 is 20.3 Å². The fourth-order valence-electron chi connectivity index (χ4n) is 4.13. The molecule has 3 amide bonds. The van der Waals surface area contributed by atoms with Crippen molar-refractivity contribution in [1.82, 2.24) is 10.2 Å². The number of nitrogens with zero attached hydrogens (tertiary/aromatic N) is 1. The largest absolute Gasteiger partial charge is 0.444 e. The number of benzene rings is 3. The molecule has 0 saturated heterocycles. The van der Waals surface area contributed by atoms with E-state index in [-0.39, 0.29) is 11.9 Å². The number of terminal acetylenes is 1. The number of anilines is 1. The molecule has 0 aromatic heterocycles. The predicted octanol–water partition coefficient (Wildman–Crippen LogP) is 5.65. The number of amides is 3. The van der Waals surface area contributed by atoms with Crippen LogP contribution in [0.1, 0.15) is 58.7 Å². The zero-order chi connectivity index (χ0) is 28.0. The van der Waals surface area contributed by atoms with Gasteiger partial charge in [0.1, 0.15) is 17.7 Å². The summed E-state index contributed by atoms with van der Waals surface area (Å²) in [6, 6.07) is 18.2. The van der Waals surface area contributed by atoms with Gasteiger partial charge in [0.05, 0.1) is 0 Å². The Kier molecular flexibility index (Phi) is 8.80. The Morgan fingerprint density at radius 1 is 0.921 bits per heavy atom. The van der Waals surface area contributed by atoms with Crippen LogP contribution in [0.2, 0.25) is 0 Å². The van der Waals surface area contributed by atoms with Crippen molar-refractivity contribution in [2.45, 2.75) is 65.3 Å². The Morgan fingerprint density at radius 2 is 1.55 bits per heavy atom. The van der Waals surface area contributed by atoms with Gasteiger partial charge in [-0.1, -0.05) is 48.4 Å². The fourth-order valence-corrected chi connectivity index (χ4v) is 4.13. The number of carbonyl (C=O) groups excluding carboxylic acids is 3. The monoisotopic (exact) mass is 513 g/mol. The van der Waals surface area contributed by atoms with Crippen molar-refractivity contribution in [3.63, 3.8) is 0 Å². The molecule has 0 aliphatic heterocycles. The zero-order valence-corrected chi connectivity index (χ0v) is 22.7. The molecule has 2 N–H and O–H groups in total. The van der Waals surface area contributed by atoms with Crippen molar-refractivity contribution in [2.24, 2.45) is 0 Å². The topological polar surface area (TPSA) is 87.7 Å². The fraction of sp³-hybridized carbons (Fsp3) is 0.323. The van der Waals surface area contributed by atoms with Gasteiger partial charge in [-0.15, -0.1) is 6.42 Å². The van der Waals surface area contributed by atoms with Crippen molar-refractivity contribution in [1.29, 1.82) is 0 Å².